The Labute approximate surface area is 118 Å². The molecule has 1 nitrogen and oxygen atoms in total. The second kappa shape index (κ2) is 5.33. The van der Waals surface area contributed by atoms with Crippen molar-refractivity contribution < 1.29 is 4.39 Å². The average molecular weight is 265 g/mol. The number of fused-ring (bicyclic) bond motifs is 1. The highest BCUT2D eigenvalue weighted by Crippen LogP contribution is 2.23. The summed E-state index contributed by atoms with van der Waals surface area (Å²) in [6.45, 7) is 2.03. The second-order valence-electron chi connectivity index (χ2n) is 4.98. The van der Waals surface area contributed by atoms with E-state index in [2.05, 4.69) is 35.6 Å². The van der Waals surface area contributed by atoms with E-state index in [1.807, 2.05) is 25.1 Å². The smallest absolute Gasteiger partial charge is 0.123 e. The van der Waals surface area contributed by atoms with E-state index in [0.717, 1.165) is 11.3 Å². The highest BCUT2D eigenvalue weighted by atomic mass is 19.1. The van der Waals surface area contributed by atoms with Gasteiger partial charge in [0.1, 0.15) is 5.82 Å². The standard InChI is InChI=1S/C18H16FN/c1-13(15-7-4-8-17(19)11-15)20-18-10-9-14-5-2-3-6-16(14)12-18/h2-13,20H,1H3. The lowest BCUT2D eigenvalue weighted by Crippen LogP contribution is -2.06. The van der Waals surface area contributed by atoms with Gasteiger partial charge in [0.05, 0.1) is 0 Å². The maximum absolute atomic E-state index is 13.2. The summed E-state index contributed by atoms with van der Waals surface area (Å²) in [6.07, 6.45) is 0. The lowest BCUT2D eigenvalue weighted by Gasteiger charge is -2.16. The fourth-order valence-corrected chi connectivity index (χ4v) is 2.39. The maximum atomic E-state index is 13.2. The van der Waals surface area contributed by atoms with Crippen LogP contribution in [0.2, 0.25) is 0 Å². The molecule has 20 heavy (non-hydrogen) atoms. The van der Waals surface area contributed by atoms with Crippen molar-refractivity contribution in [3.8, 4) is 0 Å². The molecule has 3 rings (SSSR count). The normalized spacial score (nSPS) is 12.3. The van der Waals surface area contributed by atoms with Gasteiger partial charge < -0.3 is 5.32 Å². The maximum Gasteiger partial charge on any atom is 0.123 e. The van der Waals surface area contributed by atoms with Crippen LogP contribution in [0.5, 0.6) is 0 Å². The van der Waals surface area contributed by atoms with Crippen molar-refractivity contribution in [1.82, 2.24) is 0 Å². The summed E-state index contributed by atoms with van der Waals surface area (Å²) >= 11 is 0. The Balaban J connectivity index is 1.85. The van der Waals surface area contributed by atoms with E-state index in [1.165, 1.54) is 16.8 Å². The monoisotopic (exact) mass is 265 g/mol. The summed E-state index contributed by atoms with van der Waals surface area (Å²) in [4.78, 5) is 0. The molecule has 1 atom stereocenters. The van der Waals surface area contributed by atoms with Crippen LogP contribution in [0, 0.1) is 5.82 Å². The Bertz CT molecular complexity index is 736. The first-order valence-corrected chi connectivity index (χ1v) is 6.73. The quantitative estimate of drug-likeness (QED) is 0.690. The molecule has 100 valence electrons. The summed E-state index contributed by atoms with van der Waals surface area (Å²) in [5, 5.41) is 5.83. The molecule has 3 aromatic carbocycles. The summed E-state index contributed by atoms with van der Waals surface area (Å²) < 4.78 is 13.2. The topological polar surface area (TPSA) is 12.0 Å². The molecular formula is C18H16FN. The Hall–Kier alpha value is -2.35. The lowest BCUT2D eigenvalue weighted by molar-refractivity contribution is 0.623. The highest BCUT2D eigenvalue weighted by molar-refractivity contribution is 5.85. The van der Waals surface area contributed by atoms with Gasteiger partial charge in [0, 0.05) is 11.7 Å². The molecule has 0 aliphatic rings. The van der Waals surface area contributed by atoms with Crippen molar-refractivity contribution in [2.75, 3.05) is 5.32 Å². The SMILES string of the molecule is CC(Nc1ccc2ccccc2c1)c1cccc(F)c1. The van der Waals surface area contributed by atoms with Crippen molar-refractivity contribution in [2.45, 2.75) is 13.0 Å². The van der Waals surface area contributed by atoms with Crippen LogP contribution in [0.25, 0.3) is 10.8 Å². The molecule has 0 amide bonds. The van der Waals surface area contributed by atoms with Gasteiger partial charge in [-0.05, 0) is 47.5 Å². The van der Waals surface area contributed by atoms with Gasteiger partial charge in [-0.15, -0.1) is 0 Å². The molecule has 0 aromatic heterocycles. The van der Waals surface area contributed by atoms with Crippen LogP contribution in [0.15, 0.2) is 66.7 Å². The van der Waals surface area contributed by atoms with Gasteiger partial charge in [-0.2, -0.15) is 0 Å². The van der Waals surface area contributed by atoms with E-state index in [4.69, 9.17) is 0 Å². The van der Waals surface area contributed by atoms with Crippen LogP contribution in [0.4, 0.5) is 10.1 Å². The van der Waals surface area contributed by atoms with Crippen LogP contribution in [0.1, 0.15) is 18.5 Å². The van der Waals surface area contributed by atoms with Crippen LogP contribution >= 0.6 is 0 Å². The molecule has 0 heterocycles. The summed E-state index contributed by atoms with van der Waals surface area (Å²) in [7, 11) is 0. The van der Waals surface area contributed by atoms with E-state index in [9.17, 15) is 4.39 Å². The number of hydrogen-bond acceptors (Lipinski definition) is 1. The number of benzene rings is 3. The van der Waals surface area contributed by atoms with Gasteiger partial charge in [0.2, 0.25) is 0 Å². The third-order valence-corrected chi connectivity index (χ3v) is 3.48. The van der Waals surface area contributed by atoms with Crippen LogP contribution in [-0.4, -0.2) is 0 Å². The third-order valence-electron chi connectivity index (χ3n) is 3.48. The lowest BCUT2D eigenvalue weighted by atomic mass is 10.1. The van der Waals surface area contributed by atoms with Crippen LogP contribution in [0.3, 0.4) is 0 Å². The van der Waals surface area contributed by atoms with Gasteiger partial charge in [-0.3, -0.25) is 0 Å². The van der Waals surface area contributed by atoms with Crippen molar-refractivity contribution >= 4 is 16.5 Å². The van der Waals surface area contributed by atoms with E-state index in [1.54, 1.807) is 12.1 Å². The fourth-order valence-electron chi connectivity index (χ4n) is 2.39. The molecule has 0 radical (unpaired) electrons. The zero-order valence-corrected chi connectivity index (χ0v) is 11.3. The number of anilines is 1. The van der Waals surface area contributed by atoms with Gasteiger partial charge in [-0.1, -0.05) is 42.5 Å². The van der Waals surface area contributed by atoms with Crippen LogP contribution < -0.4 is 5.32 Å². The van der Waals surface area contributed by atoms with Gasteiger partial charge in [0.15, 0.2) is 0 Å². The molecule has 0 spiro atoms. The first-order chi connectivity index (χ1) is 9.72. The summed E-state index contributed by atoms with van der Waals surface area (Å²) in [5.41, 5.74) is 1.98. The van der Waals surface area contributed by atoms with Gasteiger partial charge in [0.25, 0.3) is 0 Å². The Morgan fingerprint density at radius 3 is 2.45 bits per heavy atom. The fraction of sp³-hybridized carbons (Fsp3) is 0.111. The van der Waals surface area contributed by atoms with E-state index >= 15 is 0 Å². The average Bonchev–Trinajstić information content (AvgIpc) is 2.47. The minimum absolute atomic E-state index is 0.0619. The molecule has 1 unspecified atom stereocenters. The third kappa shape index (κ3) is 2.64. The molecule has 0 bridgehead atoms. The largest absolute Gasteiger partial charge is 0.379 e. The Morgan fingerprint density at radius 1 is 0.850 bits per heavy atom. The predicted molar refractivity (Wildman–Crippen MR) is 82.4 cm³/mol. The summed E-state index contributed by atoms with van der Waals surface area (Å²) in [6, 6.07) is 21.3. The first-order valence-electron chi connectivity index (χ1n) is 6.73. The molecule has 3 aromatic rings. The number of nitrogens with one attached hydrogen (secondary N) is 1. The molecule has 2 heteroatoms. The molecule has 0 aliphatic carbocycles. The van der Waals surface area contributed by atoms with Gasteiger partial charge >= 0.3 is 0 Å². The van der Waals surface area contributed by atoms with Crippen molar-refractivity contribution in [3.05, 3.63) is 78.1 Å². The van der Waals surface area contributed by atoms with E-state index < -0.39 is 0 Å². The zero-order valence-electron chi connectivity index (χ0n) is 11.3. The number of halogens is 1. The Morgan fingerprint density at radius 2 is 1.65 bits per heavy atom. The minimum Gasteiger partial charge on any atom is -0.379 e. The first kappa shape index (κ1) is 12.7. The molecule has 0 fully saturated rings. The summed E-state index contributed by atoms with van der Waals surface area (Å²) in [5.74, 6) is -0.199. The zero-order chi connectivity index (χ0) is 13.9. The molecule has 1 N–H and O–H groups in total. The second-order valence-corrected chi connectivity index (χ2v) is 4.98. The van der Waals surface area contributed by atoms with E-state index in [0.29, 0.717) is 0 Å². The van der Waals surface area contributed by atoms with Crippen molar-refractivity contribution in [2.24, 2.45) is 0 Å². The predicted octanol–water partition coefficient (Wildman–Crippen LogP) is 5.15. The molecular weight excluding hydrogens is 249 g/mol. The molecule has 0 aliphatic heterocycles. The van der Waals surface area contributed by atoms with Crippen molar-refractivity contribution in [3.63, 3.8) is 0 Å². The molecule has 0 saturated heterocycles. The van der Waals surface area contributed by atoms with Crippen LogP contribution in [-0.2, 0) is 0 Å². The molecule has 0 saturated carbocycles. The van der Waals surface area contributed by atoms with Gasteiger partial charge in [-0.25, -0.2) is 4.39 Å². The van der Waals surface area contributed by atoms with Crippen molar-refractivity contribution in [1.29, 1.82) is 0 Å². The highest BCUT2D eigenvalue weighted by Gasteiger charge is 2.06. The number of hydrogen-bond donors (Lipinski definition) is 1. The minimum atomic E-state index is -0.199. The Kier molecular flexibility index (Phi) is 3.38. The van der Waals surface area contributed by atoms with E-state index in [-0.39, 0.29) is 11.9 Å². The number of rotatable bonds is 3.